The molecule has 2 fully saturated rings. The van der Waals surface area contributed by atoms with Crippen LogP contribution in [-0.2, 0) is 11.3 Å². The van der Waals surface area contributed by atoms with Crippen LogP contribution in [-0.4, -0.2) is 37.3 Å². The largest absolute Gasteiger partial charge is 0.380 e. The molecule has 0 radical (unpaired) electrons. The summed E-state index contributed by atoms with van der Waals surface area (Å²) in [6.45, 7) is 5.10. The molecule has 20 heavy (non-hydrogen) atoms. The second kappa shape index (κ2) is 6.10. The molecule has 1 aliphatic carbocycles. The van der Waals surface area contributed by atoms with Gasteiger partial charge >= 0.3 is 0 Å². The van der Waals surface area contributed by atoms with Crippen LogP contribution in [0.2, 0.25) is 0 Å². The molecule has 1 saturated heterocycles. The minimum Gasteiger partial charge on any atom is -0.380 e. The molecule has 2 aliphatic rings. The van der Waals surface area contributed by atoms with Crippen LogP contribution in [0.4, 0.5) is 5.82 Å². The van der Waals surface area contributed by atoms with Gasteiger partial charge in [-0.2, -0.15) is 0 Å². The van der Waals surface area contributed by atoms with Crippen molar-refractivity contribution in [2.24, 2.45) is 0 Å². The van der Waals surface area contributed by atoms with Gasteiger partial charge < -0.3 is 15.0 Å². The summed E-state index contributed by atoms with van der Waals surface area (Å²) >= 11 is 0. The lowest BCUT2D eigenvalue weighted by Crippen LogP contribution is -2.39. The maximum atomic E-state index is 5.51. The summed E-state index contributed by atoms with van der Waals surface area (Å²) in [4.78, 5) is 7.08. The first kappa shape index (κ1) is 13.8. The van der Waals surface area contributed by atoms with Crippen LogP contribution >= 0.6 is 0 Å². The van der Waals surface area contributed by atoms with Gasteiger partial charge in [-0.25, -0.2) is 4.98 Å². The zero-order valence-corrected chi connectivity index (χ0v) is 12.6. The molecule has 1 N–H and O–H groups in total. The van der Waals surface area contributed by atoms with Gasteiger partial charge in [0, 0.05) is 38.5 Å². The maximum Gasteiger partial charge on any atom is 0.129 e. The van der Waals surface area contributed by atoms with Gasteiger partial charge in [0.2, 0.25) is 0 Å². The van der Waals surface area contributed by atoms with E-state index in [4.69, 9.17) is 9.72 Å². The third-order valence-electron chi connectivity index (χ3n) is 4.21. The van der Waals surface area contributed by atoms with Gasteiger partial charge in [0.1, 0.15) is 5.82 Å². The van der Waals surface area contributed by atoms with Gasteiger partial charge in [0.05, 0.1) is 6.10 Å². The number of anilines is 1. The number of aromatic nitrogens is 1. The quantitative estimate of drug-likeness (QED) is 0.894. The second-order valence-corrected chi connectivity index (χ2v) is 6.08. The molecule has 3 rings (SSSR count). The van der Waals surface area contributed by atoms with Gasteiger partial charge in [-0.15, -0.1) is 0 Å². The predicted octanol–water partition coefficient (Wildman–Crippen LogP) is 2.26. The van der Waals surface area contributed by atoms with Crippen molar-refractivity contribution in [1.29, 1.82) is 0 Å². The van der Waals surface area contributed by atoms with E-state index in [1.165, 1.54) is 24.8 Å². The number of nitrogens with zero attached hydrogens (tertiary/aromatic N) is 2. The van der Waals surface area contributed by atoms with Crippen LogP contribution in [0.5, 0.6) is 0 Å². The fraction of sp³-hybridized carbons (Fsp3) is 0.688. The third-order valence-corrected chi connectivity index (χ3v) is 4.21. The van der Waals surface area contributed by atoms with Crippen molar-refractivity contribution < 1.29 is 4.74 Å². The first-order valence-corrected chi connectivity index (χ1v) is 7.73. The van der Waals surface area contributed by atoms with Gasteiger partial charge in [-0.3, -0.25) is 0 Å². The summed E-state index contributed by atoms with van der Waals surface area (Å²) in [5, 5.41) is 3.58. The van der Waals surface area contributed by atoms with Gasteiger partial charge in [0.25, 0.3) is 0 Å². The molecule has 4 nitrogen and oxygen atoms in total. The van der Waals surface area contributed by atoms with E-state index >= 15 is 0 Å². The zero-order valence-electron chi connectivity index (χ0n) is 12.6. The Hall–Kier alpha value is -1.13. The Labute approximate surface area is 121 Å². The van der Waals surface area contributed by atoms with Crippen molar-refractivity contribution in [2.45, 2.75) is 51.3 Å². The fourth-order valence-electron chi connectivity index (χ4n) is 2.87. The van der Waals surface area contributed by atoms with Crippen molar-refractivity contribution in [2.75, 3.05) is 25.1 Å². The molecule has 110 valence electrons. The third kappa shape index (κ3) is 3.49. The minimum absolute atomic E-state index is 0.346. The zero-order chi connectivity index (χ0) is 13.9. The van der Waals surface area contributed by atoms with E-state index in [0.29, 0.717) is 6.10 Å². The molecule has 1 aromatic heterocycles. The topological polar surface area (TPSA) is 37.4 Å². The molecule has 4 heteroatoms. The lowest BCUT2D eigenvalue weighted by molar-refractivity contribution is 0.0891. The first-order valence-electron chi connectivity index (χ1n) is 7.73. The number of methoxy groups -OCH3 is 1. The molecule has 1 saturated carbocycles. The summed E-state index contributed by atoms with van der Waals surface area (Å²) in [6.07, 6.45) is 5.36. The van der Waals surface area contributed by atoms with Gasteiger partial charge in [-0.1, -0.05) is 0 Å². The van der Waals surface area contributed by atoms with Crippen molar-refractivity contribution >= 4 is 5.82 Å². The summed E-state index contributed by atoms with van der Waals surface area (Å²) in [5.74, 6) is 1.11. The van der Waals surface area contributed by atoms with Crippen LogP contribution in [0.1, 0.15) is 36.9 Å². The predicted molar refractivity (Wildman–Crippen MR) is 81.1 cm³/mol. The molecular weight excluding hydrogens is 250 g/mol. The molecule has 1 aromatic rings. The summed E-state index contributed by atoms with van der Waals surface area (Å²) in [7, 11) is 1.81. The van der Waals surface area contributed by atoms with E-state index in [2.05, 4.69) is 29.3 Å². The van der Waals surface area contributed by atoms with Gasteiger partial charge in [0.15, 0.2) is 0 Å². The number of hydrogen-bond acceptors (Lipinski definition) is 4. The highest BCUT2D eigenvalue weighted by Crippen LogP contribution is 2.23. The Balaban J connectivity index is 1.70. The Morgan fingerprint density at radius 3 is 2.95 bits per heavy atom. The Morgan fingerprint density at radius 1 is 1.35 bits per heavy atom. The summed E-state index contributed by atoms with van der Waals surface area (Å²) in [5.41, 5.74) is 2.45. The number of aryl methyl sites for hydroxylation is 1. The van der Waals surface area contributed by atoms with Crippen LogP contribution in [0.25, 0.3) is 0 Å². The summed E-state index contributed by atoms with van der Waals surface area (Å²) < 4.78 is 5.51. The molecule has 1 aliphatic heterocycles. The van der Waals surface area contributed by atoms with E-state index < -0.39 is 0 Å². The normalized spacial score (nSPS) is 23.1. The Bertz CT molecular complexity index is 459. The van der Waals surface area contributed by atoms with Crippen molar-refractivity contribution in [3.63, 3.8) is 0 Å². The number of pyridine rings is 1. The highest BCUT2D eigenvalue weighted by molar-refractivity contribution is 5.43. The smallest absolute Gasteiger partial charge is 0.129 e. The minimum atomic E-state index is 0.346. The SMILES string of the molecule is COC1CCCN(c2cc(CNC3CC3)cc(C)n2)C1. The first-order chi connectivity index (χ1) is 9.74. The average molecular weight is 275 g/mol. The molecule has 0 amide bonds. The van der Waals surface area contributed by atoms with Crippen LogP contribution in [0.15, 0.2) is 12.1 Å². The molecular formula is C16H25N3O. The number of ether oxygens (including phenoxy) is 1. The monoisotopic (exact) mass is 275 g/mol. The van der Waals surface area contributed by atoms with Crippen molar-refractivity contribution in [3.8, 4) is 0 Å². The molecule has 2 heterocycles. The number of rotatable bonds is 5. The van der Waals surface area contributed by atoms with E-state index in [9.17, 15) is 0 Å². The fourth-order valence-corrected chi connectivity index (χ4v) is 2.87. The van der Waals surface area contributed by atoms with E-state index in [1.807, 2.05) is 7.11 Å². The molecule has 0 spiro atoms. The number of piperidine rings is 1. The van der Waals surface area contributed by atoms with Crippen LogP contribution in [0.3, 0.4) is 0 Å². The molecule has 1 atom stereocenters. The Morgan fingerprint density at radius 2 is 2.20 bits per heavy atom. The van der Waals surface area contributed by atoms with Crippen LogP contribution in [0, 0.1) is 6.92 Å². The van der Waals surface area contributed by atoms with Crippen LogP contribution < -0.4 is 10.2 Å². The molecule has 1 unspecified atom stereocenters. The maximum absolute atomic E-state index is 5.51. The van der Waals surface area contributed by atoms with Gasteiger partial charge in [-0.05, 0) is 50.3 Å². The van der Waals surface area contributed by atoms with E-state index in [0.717, 1.165) is 43.6 Å². The molecule has 0 bridgehead atoms. The van der Waals surface area contributed by atoms with Crippen molar-refractivity contribution in [1.82, 2.24) is 10.3 Å². The lowest BCUT2D eigenvalue weighted by Gasteiger charge is -2.33. The highest BCUT2D eigenvalue weighted by atomic mass is 16.5. The Kier molecular flexibility index (Phi) is 4.22. The highest BCUT2D eigenvalue weighted by Gasteiger charge is 2.22. The second-order valence-electron chi connectivity index (χ2n) is 6.08. The number of hydrogen-bond donors (Lipinski definition) is 1. The van der Waals surface area contributed by atoms with Crippen molar-refractivity contribution in [3.05, 3.63) is 23.4 Å². The molecule has 0 aromatic carbocycles. The summed E-state index contributed by atoms with van der Waals surface area (Å²) in [6, 6.07) is 5.18. The average Bonchev–Trinajstić information content (AvgIpc) is 3.29. The van der Waals surface area contributed by atoms with E-state index in [1.54, 1.807) is 0 Å². The number of nitrogens with one attached hydrogen (secondary N) is 1. The standard InChI is InChI=1S/C16H25N3O/c1-12-8-13(10-17-14-5-6-14)9-16(18-12)19-7-3-4-15(11-19)20-2/h8-9,14-15,17H,3-7,10-11H2,1-2H3. The lowest BCUT2D eigenvalue weighted by atomic mass is 10.1. The van der Waals surface area contributed by atoms with E-state index in [-0.39, 0.29) is 0 Å².